The van der Waals surface area contributed by atoms with E-state index in [0.29, 0.717) is 23.4 Å². The molecule has 0 heterocycles. The first-order valence-corrected chi connectivity index (χ1v) is 5.45. The molecule has 0 saturated carbocycles. The quantitative estimate of drug-likeness (QED) is 0.706. The molecule has 0 amide bonds. The van der Waals surface area contributed by atoms with E-state index in [-0.39, 0.29) is 5.78 Å². The van der Waals surface area contributed by atoms with Gasteiger partial charge >= 0.3 is 5.97 Å². The van der Waals surface area contributed by atoms with Crippen LogP contribution in [0.5, 0.6) is 0 Å². The van der Waals surface area contributed by atoms with Crippen LogP contribution in [0.3, 0.4) is 0 Å². The van der Waals surface area contributed by atoms with E-state index in [1.54, 1.807) is 18.2 Å². The highest BCUT2D eigenvalue weighted by Crippen LogP contribution is 2.26. The van der Waals surface area contributed by atoms with E-state index < -0.39 is 12.1 Å². The number of carbonyl (C=O) groups is 2. The van der Waals surface area contributed by atoms with Gasteiger partial charge in [0, 0.05) is 17.5 Å². The average Bonchev–Trinajstić information content (AvgIpc) is 2.22. The molecular weight excluding hydrogens is 228 g/mol. The Morgan fingerprint density at radius 2 is 2.25 bits per heavy atom. The van der Waals surface area contributed by atoms with Crippen molar-refractivity contribution in [3.8, 4) is 0 Å². The summed E-state index contributed by atoms with van der Waals surface area (Å²) in [5.41, 5.74) is 1.54. The fourth-order valence-corrected chi connectivity index (χ4v) is 2.11. The molecule has 1 aromatic carbocycles. The Hall–Kier alpha value is -1.35. The molecule has 1 unspecified atom stereocenters. The van der Waals surface area contributed by atoms with Crippen molar-refractivity contribution in [3.63, 3.8) is 0 Å². The van der Waals surface area contributed by atoms with Gasteiger partial charge in [0.1, 0.15) is 0 Å². The van der Waals surface area contributed by atoms with Crippen molar-refractivity contribution in [2.75, 3.05) is 0 Å². The van der Waals surface area contributed by atoms with Crippen LogP contribution >= 0.6 is 11.6 Å². The number of esters is 1. The van der Waals surface area contributed by atoms with Gasteiger partial charge in [-0.15, -0.1) is 0 Å². The molecule has 84 valence electrons. The number of halogens is 1. The number of benzene rings is 1. The number of fused-ring (bicyclic) bond motifs is 1. The van der Waals surface area contributed by atoms with E-state index >= 15 is 0 Å². The molecule has 2 rings (SSSR count). The minimum absolute atomic E-state index is 0.131. The molecule has 0 saturated heterocycles. The summed E-state index contributed by atoms with van der Waals surface area (Å²) in [5, 5.41) is 0.623. The predicted octanol–water partition coefficient (Wildman–Crippen LogP) is 2.40. The molecule has 1 aliphatic carbocycles. The minimum atomic E-state index is -0.633. The molecule has 1 aromatic rings. The van der Waals surface area contributed by atoms with Gasteiger partial charge in [0.2, 0.25) is 5.78 Å². The first-order valence-electron chi connectivity index (χ1n) is 5.08. The highest BCUT2D eigenvalue weighted by molar-refractivity contribution is 6.30. The van der Waals surface area contributed by atoms with Crippen molar-refractivity contribution < 1.29 is 14.3 Å². The highest BCUT2D eigenvalue weighted by atomic mass is 35.5. The summed E-state index contributed by atoms with van der Waals surface area (Å²) in [6.07, 6.45) is 0.608. The monoisotopic (exact) mass is 238 g/mol. The van der Waals surface area contributed by atoms with Crippen LogP contribution in [0.15, 0.2) is 18.2 Å². The number of hydrogen-bond donors (Lipinski definition) is 0. The lowest BCUT2D eigenvalue weighted by Crippen LogP contribution is -2.31. The summed E-state index contributed by atoms with van der Waals surface area (Å²) >= 11 is 5.85. The Bertz CT molecular complexity index is 454. The van der Waals surface area contributed by atoms with E-state index in [0.717, 1.165) is 5.56 Å². The molecule has 0 fully saturated rings. The zero-order valence-corrected chi connectivity index (χ0v) is 9.58. The fourth-order valence-electron chi connectivity index (χ4n) is 1.91. The molecule has 0 aliphatic heterocycles. The topological polar surface area (TPSA) is 43.4 Å². The number of rotatable bonds is 1. The summed E-state index contributed by atoms with van der Waals surface area (Å²) in [6, 6.07) is 5.16. The number of ketones is 1. The average molecular weight is 239 g/mol. The molecule has 3 nitrogen and oxygen atoms in total. The Kier molecular flexibility index (Phi) is 2.97. The van der Waals surface area contributed by atoms with Gasteiger partial charge in [-0.1, -0.05) is 11.6 Å². The van der Waals surface area contributed by atoms with Gasteiger partial charge in [0.25, 0.3) is 0 Å². The largest absolute Gasteiger partial charge is 0.454 e. The molecule has 0 spiro atoms. The van der Waals surface area contributed by atoms with Gasteiger partial charge in [-0.2, -0.15) is 0 Å². The third kappa shape index (κ3) is 2.09. The lowest BCUT2D eigenvalue weighted by atomic mass is 9.89. The Labute approximate surface area is 98.4 Å². The van der Waals surface area contributed by atoms with Gasteiger partial charge in [-0.05, 0) is 36.6 Å². The number of ether oxygens (including phenoxy) is 1. The lowest BCUT2D eigenvalue weighted by molar-refractivity contribution is -0.144. The van der Waals surface area contributed by atoms with Crippen LogP contribution in [0.1, 0.15) is 29.3 Å². The van der Waals surface area contributed by atoms with E-state index in [4.69, 9.17) is 16.3 Å². The third-order valence-corrected chi connectivity index (χ3v) is 2.84. The molecule has 4 heteroatoms. The maximum Gasteiger partial charge on any atom is 0.303 e. The normalized spacial score (nSPS) is 19.1. The van der Waals surface area contributed by atoms with Crippen LogP contribution in [0, 0.1) is 0 Å². The Morgan fingerprint density at radius 1 is 1.50 bits per heavy atom. The van der Waals surface area contributed by atoms with Crippen LogP contribution in [0.25, 0.3) is 0 Å². The summed E-state index contributed by atoms with van der Waals surface area (Å²) in [6.45, 7) is 1.31. The van der Waals surface area contributed by atoms with Crippen LogP contribution in [0.4, 0.5) is 0 Å². The third-order valence-electron chi connectivity index (χ3n) is 2.61. The number of carbonyl (C=O) groups excluding carboxylic acids is 2. The van der Waals surface area contributed by atoms with E-state index in [2.05, 4.69) is 0 Å². The second-order valence-corrected chi connectivity index (χ2v) is 4.24. The molecule has 1 atom stereocenters. The molecule has 0 bridgehead atoms. The van der Waals surface area contributed by atoms with Crippen LogP contribution in [-0.2, 0) is 16.0 Å². The van der Waals surface area contributed by atoms with Gasteiger partial charge < -0.3 is 4.74 Å². The zero-order chi connectivity index (χ0) is 11.7. The Morgan fingerprint density at radius 3 is 2.94 bits per heavy atom. The maximum absolute atomic E-state index is 11.9. The molecule has 0 aromatic heterocycles. The first-order chi connectivity index (χ1) is 7.58. The van der Waals surface area contributed by atoms with Gasteiger partial charge in [0.05, 0.1) is 0 Å². The van der Waals surface area contributed by atoms with E-state index in [1.165, 1.54) is 6.92 Å². The smallest absolute Gasteiger partial charge is 0.303 e. The standard InChI is InChI=1S/C12H11ClO3/c1-7(14)16-11-5-2-8-6-9(13)3-4-10(8)12(11)15/h3-4,6,11H,2,5H2,1H3. The maximum atomic E-state index is 11.9. The molecule has 0 radical (unpaired) electrons. The molecule has 16 heavy (non-hydrogen) atoms. The Balaban J connectivity index is 2.29. The summed E-state index contributed by atoms with van der Waals surface area (Å²) in [4.78, 5) is 22.8. The lowest BCUT2D eigenvalue weighted by Gasteiger charge is -2.22. The molecule has 0 N–H and O–H groups in total. The van der Waals surface area contributed by atoms with Gasteiger partial charge in [0.15, 0.2) is 6.10 Å². The molecule has 1 aliphatic rings. The van der Waals surface area contributed by atoms with Crippen molar-refractivity contribution in [1.29, 1.82) is 0 Å². The summed E-state index contributed by atoms with van der Waals surface area (Å²) in [5.74, 6) is -0.552. The first kappa shape index (κ1) is 11.1. The van der Waals surface area contributed by atoms with Crippen molar-refractivity contribution >= 4 is 23.4 Å². The second kappa shape index (κ2) is 4.26. The van der Waals surface area contributed by atoms with Crippen LogP contribution in [-0.4, -0.2) is 17.9 Å². The number of aryl methyl sites for hydroxylation is 1. The fraction of sp³-hybridized carbons (Fsp3) is 0.333. The highest BCUT2D eigenvalue weighted by Gasteiger charge is 2.29. The van der Waals surface area contributed by atoms with E-state index in [1.807, 2.05) is 0 Å². The summed E-state index contributed by atoms with van der Waals surface area (Å²) in [7, 11) is 0. The summed E-state index contributed by atoms with van der Waals surface area (Å²) < 4.78 is 4.97. The van der Waals surface area contributed by atoms with Gasteiger partial charge in [-0.3, -0.25) is 9.59 Å². The number of Topliss-reactive ketones (excluding diaryl/α,β-unsaturated/α-hetero) is 1. The zero-order valence-electron chi connectivity index (χ0n) is 8.83. The van der Waals surface area contributed by atoms with E-state index in [9.17, 15) is 9.59 Å². The van der Waals surface area contributed by atoms with Crippen molar-refractivity contribution in [2.45, 2.75) is 25.9 Å². The van der Waals surface area contributed by atoms with Crippen molar-refractivity contribution in [1.82, 2.24) is 0 Å². The SMILES string of the molecule is CC(=O)OC1CCc2cc(Cl)ccc2C1=O. The van der Waals surface area contributed by atoms with Crippen LogP contribution in [0.2, 0.25) is 5.02 Å². The minimum Gasteiger partial charge on any atom is -0.454 e. The second-order valence-electron chi connectivity index (χ2n) is 3.80. The van der Waals surface area contributed by atoms with Crippen molar-refractivity contribution in [2.24, 2.45) is 0 Å². The molecular formula is C12H11ClO3. The van der Waals surface area contributed by atoms with Crippen LogP contribution < -0.4 is 0 Å². The van der Waals surface area contributed by atoms with Crippen molar-refractivity contribution in [3.05, 3.63) is 34.3 Å². The predicted molar refractivity (Wildman–Crippen MR) is 59.7 cm³/mol. The number of hydrogen-bond acceptors (Lipinski definition) is 3. The van der Waals surface area contributed by atoms with Gasteiger partial charge in [-0.25, -0.2) is 0 Å².